The lowest BCUT2D eigenvalue weighted by atomic mass is 10.0. The van der Waals surface area contributed by atoms with E-state index in [1.165, 1.54) is 22.9 Å². The molecule has 0 aliphatic carbocycles. The number of phenolic OH excluding ortho intramolecular Hbond substituents is 2. The highest BCUT2D eigenvalue weighted by molar-refractivity contribution is 5.92. The molecule has 0 saturated heterocycles. The molecule has 4 N–H and O–H groups in total. The number of carbonyl (C=O) groups is 1. The maximum Gasteiger partial charge on any atom is 0.337 e. The van der Waals surface area contributed by atoms with E-state index in [-0.39, 0.29) is 28.4 Å². The summed E-state index contributed by atoms with van der Waals surface area (Å²) in [7, 11) is 0. The molecule has 5 rings (SSSR count). The van der Waals surface area contributed by atoms with E-state index in [4.69, 9.17) is 0 Å². The van der Waals surface area contributed by atoms with Crippen molar-refractivity contribution in [1.29, 1.82) is 0 Å². The topological polar surface area (TPSA) is 140 Å². The number of hydrogen-bond donors (Lipinski definition) is 4. The number of rotatable bonds is 8. The summed E-state index contributed by atoms with van der Waals surface area (Å²) in [6.45, 7) is 0. The van der Waals surface area contributed by atoms with Gasteiger partial charge in [-0.2, -0.15) is 5.11 Å². The van der Waals surface area contributed by atoms with Crippen LogP contribution in [0, 0.1) is 0 Å². The average Bonchev–Trinajstić information content (AvgIpc) is 3.29. The Balaban J connectivity index is 1.44. The number of aromatic hydroxyl groups is 2. The summed E-state index contributed by atoms with van der Waals surface area (Å²) >= 11 is 0. The zero-order valence-electron chi connectivity index (χ0n) is 20.7. The van der Waals surface area contributed by atoms with Crippen molar-refractivity contribution in [2.45, 2.75) is 12.8 Å². The molecule has 0 fully saturated rings. The summed E-state index contributed by atoms with van der Waals surface area (Å²) in [5, 5.41) is 40.8. The molecule has 9 nitrogen and oxygen atoms in total. The van der Waals surface area contributed by atoms with Crippen LogP contribution in [0.4, 0.5) is 11.4 Å². The molecule has 0 atom stereocenters. The second-order valence-electron chi connectivity index (χ2n) is 8.84. The van der Waals surface area contributed by atoms with Crippen molar-refractivity contribution in [2.24, 2.45) is 10.2 Å². The van der Waals surface area contributed by atoms with Crippen molar-refractivity contribution in [2.75, 3.05) is 0 Å². The third-order valence-corrected chi connectivity index (χ3v) is 6.25. The van der Waals surface area contributed by atoms with Crippen LogP contribution in [0.2, 0.25) is 0 Å². The van der Waals surface area contributed by atoms with Crippen LogP contribution in [-0.2, 0) is 12.8 Å². The summed E-state index contributed by atoms with van der Waals surface area (Å²) in [4.78, 5) is 25.2. The number of nitrogens with one attached hydrogen (secondary N) is 1. The van der Waals surface area contributed by atoms with Gasteiger partial charge in [0.15, 0.2) is 5.69 Å². The molecule has 39 heavy (non-hydrogen) atoms. The van der Waals surface area contributed by atoms with Crippen LogP contribution in [0.25, 0.3) is 16.9 Å². The van der Waals surface area contributed by atoms with Crippen molar-refractivity contribution in [1.82, 2.24) is 9.78 Å². The molecule has 0 radical (unpaired) electrons. The second-order valence-corrected chi connectivity index (χ2v) is 8.84. The molecule has 5 aromatic rings. The lowest BCUT2D eigenvalue weighted by Crippen LogP contribution is -2.17. The van der Waals surface area contributed by atoms with Crippen molar-refractivity contribution >= 4 is 17.3 Å². The molecule has 0 aliphatic heterocycles. The zero-order chi connectivity index (χ0) is 27.4. The molecule has 9 heteroatoms. The minimum atomic E-state index is -1.16. The van der Waals surface area contributed by atoms with Gasteiger partial charge in [-0.25, -0.2) is 9.48 Å². The van der Waals surface area contributed by atoms with Gasteiger partial charge in [-0.05, 0) is 66.4 Å². The predicted octanol–water partition coefficient (Wildman–Crippen LogP) is 6.14. The molecule has 0 saturated carbocycles. The smallest absolute Gasteiger partial charge is 0.337 e. The van der Waals surface area contributed by atoms with Crippen LogP contribution in [0.3, 0.4) is 0 Å². The Morgan fingerprint density at radius 2 is 1.54 bits per heavy atom. The van der Waals surface area contributed by atoms with Crippen LogP contribution in [0.5, 0.6) is 11.5 Å². The first kappa shape index (κ1) is 25.2. The Hall–Kier alpha value is -5.44. The summed E-state index contributed by atoms with van der Waals surface area (Å²) in [5.41, 5.74) is 2.95. The van der Waals surface area contributed by atoms with E-state index >= 15 is 0 Å². The van der Waals surface area contributed by atoms with Crippen molar-refractivity contribution in [3.63, 3.8) is 0 Å². The van der Waals surface area contributed by atoms with E-state index in [0.29, 0.717) is 35.3 Å². The van der Waals surface area contributed by atoms with Gasteiger partial charge in [0.1, 0.15) is 11.5 Å². The number of benzene rings is 4. The standard InChI is InChI=1S/C30H24N4O5/c35-23-16-17-26(36)21(18-23)13-10-19-11-14-22(15-12-19)31-32-28-27(20-6-2-1-3-7-20)33-34(29(28)37)25-9-5-4-8-24(25)30(38)39/h1-9,11-12,14-18,33,35-36H,10,13H2,(H,38,39). The number of aromatic carboxylic acids is 1. The lowest BCUT2D eigenvalue weighted by Gasteiger charge is -2.06. The van der Waals surface area contributed by atoms with Gasteiger partial charge >= 0.3 is 5.97 Å². The van der Waals surface area contributed by atoms with Gasteiger partial charge in [0.25, 0.3) is 5.56 Å². The fourth-order valence-electron chi connectivity index (χ4n) is 4.23. The Morgan fingerprint density at radius 3 is 2.28 bits per heavy atom. The first-order valence-electron chi connectivity index (χ1n) is 12.2. The SMILES string of the molecule is O=C(O)c1ccccc1-n1[nH]c(-c2ccccc2)c(N=Nc2ccc(CCc3cc(O)ccc3O)cc2)c1=O. The normalized spacial score (nSPS) is 11.2. The van der Waals surface area contributed by atoms with Crippen molar-refractivity contribution in [3.8, 4) is 28.4 Å². The number of phenols is 2. The predicted molar refractivity (Wildman–Crippen MR) is 147 cm³/mol. The second kappa shape index (κ2) is 10.9. The van der Waals surface area contributed by atoms with Gasteiger partial charge in [0.05, 0.1) is 22.6 Å². The van der Waals surface area contributed by atoms with Crippen LogP contribution < -0.4 is 5.56 Å². The van der Waals surface area contributed by atoms with Gasteiger partial charge in [0, 0.05) is 5.56 Å². The van der Waals surface area contributed by atoms with Crippen LogP contribution >= 0.6 is 0 Å². The van der Waals surface area contributed by atoms with Crippen LogP contribution in [-0.4, -0.2) is 31.1 Å². The molecule has 0 amide bonds. The van der Waals surface area contributed by atoms with Crippen molar-refractivity contribution < 1.29 is 20.1 Å². The Bertz CT molecular complexity index is 1720. The van der Waals surface area contributed by atoms with Gasteiger partial charge in [-0.1, -0.05) is 54.6 Å². The molecule has 1 aromatic heterocycles. The molecule has 194 valence electrons. The Labute approximate surface area is 223 Å². The first-order chi connectivity index (χ1) is 18.9. The largest absolute Gasteiger partial charge is 0.508 e. The number of para-hydroxylation sites is 1. The summed E-state index contributed by atoms with van der Waals surface area (Å²) < 4.78 is 1.17. The van der Waals surface area contributed by atoms with Gasteiger partial charge in [-0.3, -0.25) is 9.89 Å². The van der Waals surface area contributed by atoms with E-state index in [0.717, 1.165) is 5.56 Å². The fourth-order valence-corrected chi connectivity index (χ4v) is 4.23. The number of carboxylic acid groups (broad SMARTS) is 1. The summed E-state index contributed by atoms with van der Waals surface area (Å²) in [6, 6.07) is 27.1. The number of nitrogens with zero attached hydrogens (tertiary/aromatic N) is 3. The quantitative estimate of drug-likeness (QED) is 0.144. The number of azo groups is 1. The Morgan fingerprint density at radius 1 is 0.821 bits per heavy atom. The molecule has 0 spiro atoms. The lowest BCUT2D eigenvalue weighted by molar-refractivity contribution is 0.0696. The van der Waals surface area contributed by atoms with Gasteiger partial charge < -0.3 is 15.3 Å². The number of aromatic amines is 1. The molecule has 4 aromatic carbocycles. The molecular formula is C30H24N4O5. The number of H-pyrrole nitrogens is 1. The fraction of sp³-hybridized carbons (Fsp3) is 0.0667. The molecular weight excluding hydrogens is 496 g/mol. The van der Waals surface area contributed by atoms with Crippen molar-refractivity contribution in [3.05, 3.63) is 124 Å². The number of aryl methyl sites for hydroxylation is 2. The molecule has 0 aliphatic rings. The third kappa shape index (κ3) is 5.47. The molecule has 1 heterocycles. The highest BCUT2D eigenvalue weighted by Crippen LogP contribution is 2.29. The summed E-state index contributed by atoms with van der Waals surface area (Å²) in [5.74, 6) is -0.921. The Kier molecular flexibility index (Phi) is 7.05. The maximum absolute atomic E-state index is 13.4. The minimum absolute atomic E-state index is 0.0291. The van der Waals surface area contributed by atoms with Gasteiger partial charge in [-0.15, -0.1) is 5.11 Å². The van der Waals surface area contributed by atoms with Crippen LogP contribution in [0.15, 0.2) is 112 Å². The number of aromatic nitrogens is 2. The van der Waals surface area contributed by atoms with Gasteiger partial charge in [0.2, 0.25) is 0 Å². The zero-order valence-corrected chi connectivity index (χ0v) is 20.7. The minimum Gasteiger partial charge on any atom is -0.508 e. The van der Waals surface area contributed by atoms with E-state index < -0.39 is 11.5 Å². The van der Waals surface area contributed by atoms with Crippen LogP contribution in [0.1, 0.15) is 21.5 Å². The maximum atomic E-state index is 13.4. The molecule has 0 bridgehead atoms. The van der Waals surface area contributed by atoms with E-state index in [1.807, 2.05) is 42.5 Å². The average molecular weight is 521 g/mol. The number of hydrogen-bond acceptors (Lipinski definition) is 6. The monoisotopic (exact) mass is 520 g/mol. The molecule has 0 unspecified atom stereocenters. The highest BCUT2D eigenvalue weighted by Gasteiger charge is 2.20. The third-order valence-electron chi connectivity index (χ3n) is 6.25. The van der Waals surface area contributed by atoms with E-state index in [1.54, 1.807) is 36.4 Å². The van der Waals surface area contributed by atoms with E-state index in [9.17, 15) is 24.9 Å². The highest BCUT2D eigenvalue weighted by atomic mass is 16.4. The number of carboxylic acids is 1. The van der Waals surface area contributed by atoms with E-state index in [2.05, 4.69) is 15.3 Å². The first-order valence-corrected chi connectivity index (χ1v) is 12.2. The summed E-state index contributed by atoms with van der Waals surface area (Å²) in [6.07, 6.45) is 1.18.